The van der Waals surface area contributed by atoms with Crippen LogP contribution in [0.25, 0.3) is 0 Å². The molecule has 1 heterocycles. The molecule has 0 bridgehead atoms. The molecule has 1 aliphatic rings. The highest BCUT2D eigenvalue weighted by Gasteiger charge is 2.34. The van der Waals surface area contributed by atoms with Gasteiger partial charge in [-0.25, -0.2) is 14.0 Å². The van der Waals surface area contributed by atoms with Crippen molar-refractivity contribution < 1.29 is 18.7 Å². The molecule has 0 radical (unpaired) electrons. The van der Waals surface area contributed by atoms with Crippen molar-refractivity contribution in [2.75, 3.05) is 23.8 Å². The van der Waals surface area contributed by atoms with Crippen LogP contribution >= 0.6 is 23.8 Å². The number of amides is 2. The maximum Gasteiger partial charge on any atom is 0.338 e. The summed E-state index contributed by atoms with van der Waals surface area (Å²) in [5, 5.41) is 8.94. The van der Waals surface area contributed by atoms with Crippen LogP contribution in [0, 0.1) is 5.82 Å². The number of anilines is 2. The van der Waals surface area contributed by atoms with E-state index in [2.05, 4.69) is 16.0 Å². The van der Waals surface area contributed by atoms with Crippen LogP contribution in [0.4, 0.5) is 20.6 Å². The van der Waals surface area contributed by atoms with Gasteiger partial charge in [-0.15, -0.1) is 0 Å². The molecule has 1 atom stereocenters. The molecule has 7 nitrogen and oxygen atoms in total. The van der Waals surface area contributed by atoms with Crippen molar-refractivity contribution in [3.05, 3.63) is 70.1 Å². The molecule has 0 aliphatic carbocycles. The molecule has 2 aromatic carbocycles. The summed E-state index contributed by atoms with van der Waals surface area (Å²) in [5.41, 5.74) is 2.73. The van der Waals surface area contributed by atoms with Gasteiger partial charge in [-0.2, -0.15) is 0 Å². The van der Waals surface area contributed by atoms with Crippen LogP contribution in [0.3, 0.4) is 0 Å². The first-order chi connectivity index (χ1) is 15.7. The van der Waals surface area contributed by atoms with Gasteiger partial charge < -0.3 is 25.6 Å². The largest absolute Gasteiger partial charge is 0.463 e. The van der Waals surface area contributed by atoms with E-state index in [0.717, 1.165) is 5.56 Å². The van der Waals surface area contributed by atoms with E-state index in [4.69, 9.17) is 28.6 Å². The van der Waals surface area contributed by atoms with Crippen LogP contribution in [0.1, 0.15) is 32.4 Å². The smallest absolute Gasteiger partial charge is 0.338 e. The van der Waals surface area contributed by atoms with Gasteiger partial charge in [-0.1, -0.05) is 23.7 Å². The Labute approximate surface area is 201 Å². The maximum absolute atomic E-state index is 13.3. The van der Waals surface area contributed by atoms with E-state index in [1.807, 2.05) is 24.8 Å². The fraction of sp³-hybridized carbons (Fsp3) is 0.261. The minimum atomic E-state index is -0.574. The maximum atomic E-state index is 13.3. The van der Waals surface area contributed by atoms with Crippen molar-refractivity contribution in [2.45, 2.75) is 26.8 Å². The molecule has 0 saturated heterocycles. The molecule has 0 aromatic heterocycles. The minimum Gasteiger partial charge on any atom is -0.463 e. The summed E-state index contributed by atoms with van der Waals surface area (Å²) < 4.78 is 18.6. The summed E-state index contributed by atoms with van der Waals surface area (Å²) in [6.07, 6.45) is 0. The lowest BCUT2D eigenvalue weighted by Gasteiger charge is -2.37. The van der Waals surface area contributed by atoms with E-state index < -0.39 is 23.9 Å². The van der Waals surface area contributed by atoms with Gasteiger partial charge in [-0.05, 0) is 68.9 Å². The van der Waals surface area contributed by atoms with Crippen molar-refractivity contribution >= 4 is 52.3 Å². The number of thiocarbonyl (C=S) groups is 1. The Morgan fingerprint density at radius 2 is 1.88 bits per heavy atom. The van der Waals surface area contributed by atoms with Gasteiger partial charge in [0, 0.05) is 23.6 Å². The number of allylic oxidation sites excluding steroid dienone is 1. The molecule has 10 heteroatoms. The summed E-state index contributed by atoms with van der Waals surface area (Å²) in [5.74, 6) is -1.01. The average Bonchev–Trinajstić information content (AvgIpc) is 2.76. The number of urea groups is 1. The number of ether oxygens (including phenoxy) is 1. The highest BCUT2D eigenvalue weighted by molar-refractivity contribution is 7.80. The average molecular weight is 491 g/mol. The van der Waals surface area contributed by atoms with E-state index in [1.165, 1.54) is 18.2 Å². The van der Waals surface area contributed by atoms with Crippen LogP contribution in [-0.2, 0) is 9.53 Å². The summed E-state index contributed by atoms with van der Waals surface area (Å²) in [6, 6.07) is 9.86. The third-order valence-corrected chi connectivity index (χ3v) is 5.69. The second-order valence-electron chi connectivity index (χ2n) is 7.18. The van der Waals surface area contributed by atoms with E-state index in [0.29, 0.717) is 34.3 Å². The number of esters is 1. The lowest BCUT2D eigenvalue weighted by molar-refractivity contribution is -0.139. The first-order valence-corrected chi connectivity index (χ1v) is 11.1. The highest BCUT2D eigenvalue weighted by atomic mass is 35.5. The van der Waals surface area contributed by atoms with Crippen LogP contribution in [-0.4, -0.2) is 35.2 Å². The number of hydrogen-bond donors (Lipinski definition) is 3. The molecule has 0 spiro atoms. The second-order valence-corrected chi connectivity index (χ2v) is 7.97. The summed E-state index contributed by atoms with van der Waals surface area (Å²) in [6.45, 7) is 6.37. The SMILES string of the molecule is CCOC(=O)C1=C(C)N(CC)C(=S)NC1c1cccc(NC(=O)Nc2ccc(F)c(Cl)c2)c1. The Morgan fingerprint density at radius 3 is 2.52 bits per heavy atom. The molecule has 2 amide bonds. The van der Waals surface area contributed by atoms with Gasteiger partial charge in [-0.3, -0.25) is 0 Å². The van der Waals surface area contributed by atoms with Crippen LogP contribution in [0.15, 0.2) is 53.7 Å². The number of benzene rings is 2. The molecule has 0 saturated carbocycles. The quantitative estimate of drug-likeness (QED) is 0.381. The number of carbonyl (C=O) groups is 2. The van der Waals surface area contributed by atoms with Crippen molar-refractivity contribution in [3.63, 3.8) is 0 Å². The minimum absolute atomic E-state index is 0.0936. The number of carbonyl (C=O) groups excluding carboxylic acids is 2. The summed E-state index contributed by atoms with van der Waals surface area (Å²) in [7, 11) is 0. The molecule has 174 valence electrons. The van der Waals surface area contributed by atoms with Gasteiger partial charge in [0.25, 0.3) is 0 Å². The summed E-state index contributed by atoms with van der Waals surface area (Å²) in [4.78, 5) is 27.0. The van der Waals surface area contributed by atoms with Crippen LogP contribution < -0.4 is 16.0 Å². The van der Waals surface area contributed by atoms with Crippen molar-refractivity contribution in [2.24, 2.45) is 0 Å². The molecule has 0 fully saturated rings. The van der Waals surface area contributed by atoms with Gasteiger partial charge in [0.05, 0.1) is 23.2 Å². The van der Waals surface area contributed by atoms with E-state index in [1.54, 1.807) is 25.1 Å². The Morgan fingerprint density at radius 1 is 1.18 bits per heavy atom. The topological polar surface area (TPSA) is 82.7 Å². The normalized spacial score (nSPS) is 15.7. The Hall–Kier alpha value is -3.17. The Bertz CT molecular complexity index is 1120. The predicted octanol–water partition coefficient (Wildman–Crippen LogP) is 5.21. The standard InChI is InChI=1S/C23H24ClFN4O3S/c1-4-29-13(3)19(21(30)32-5-2)20(28-23(29)33)14-7-6-8-15(11-14)26-22(31)27-16-9-10-18(25)17(24)12-16/h6-12,20H,4-5H2,1-3H3,(H,28,33)(H2,26,27,31). The van der Waals surface area contributed by atoms with Crippen molar-refractivity contribution in [3.8, 4) is 0 Å². The van der Waals surface area contributed by atoms with Gasteiger partial charge in [0.15, 0.2) is 5.11 Å². The number of nitrogens with zero attached hydrogens (tertiary/aromatic N) is 1. The summed E-state index contributed by atoms with van der Waals surface area (Å²) >= 11 is 11.3. The van der Waals surface area contributed by atoms with Gasteiger partial charge in [0.2, 0.25) is 0 Å². The van der Waals surface area contributed by atoms with Crippen LogP contribution in [0.5, 0.6) is 0 Å². The molecule has 1 unspecified atom stereocenters. The third kappa shape index (κ3) is 5.61. The monoisotopic (exact) mass is 490 g/mol. The highest BCUT2D eigenvalue weighted by Crippen LogP contribution is 2.32. The van der Waals surface area contributed by atoms with Gasteiger partial charge >= 0.3 is 12.0 Å². The van der Waals surface area contributed by atoms with Crippen LogP contribution in [0.2, 0.25) is 5.02 Å². The van der Waals surface area contributed by atoms with Crippen molar-refractivity contribution in [1.82, 2.24) is 10.2 Å². The van der Waals surface area contributed by atoms with Crippen molar-refractivity contribution in [1.29, 1.82) is 0 Å². The number of hydrogen-bond acceptors (Lipinski definition) is 4. The Kier molecular flexibility index (Phi) is 7.88. The first-order valence-electron chi connectivity index (χ1n) is 10.3. The second kappa shape index (κ2) is 10.6. The van der Waals surface area contributed by atoms with E-state index >= 15 is 0 Å². The molecule has 3 N–H and O–H groups in total. The Balaban J connectivity index is 1.85. The molecule has 3 rings (SSSR count). The number of halogens is 2. The first kappa shape index (κ1) is 24.5. The van der Waals surface area contributed by atoms with E-state index in [-0.39, 0.29) is 11.6 Å². The lowest BCUT2D eigenvalue weighted by Crippen LogP contribution is -2.47. The fourth-order valence-corrected chi connectivity index (χ4v) is 4.11. The van der Waals surface area contributed by atoms with Gasteiger partial charge in [0.1, 0.15) is 5.82 Å². The molecule has 1 aliphatic heterocycles. The zero-order valence-corrected chi connectivity index (χ0v) is 19.9. The third-order valence-electron chi connectivity index (χ3n) is 5.06. The molecular formula is C23H24ClFN4O3S. The fourth-order valence-electron chi connectivity index (χ4n) is 3.55. The zero-order valence-electron chi connectivity index (χ0n) is 18.4. The predicted molar refractivity (Wildman–Crippen MR) is 131 cm³/mol. The molecule has 33 heavy (non-hydrogen) atoms. The molecular weight excluding hydrogens is 467 g/mol. The van der Waals surface area contributed by atoms with E-state index in [9.17, 15) is 14.0 Å². The molecule has 2 aromatic rings. The number of rotatable bonds is 6. The number of nitrogens with one attached hydrogen (secondary N) is 3. The lowest BCUT2D eigenvalue weighted by atomic mass is 9.94. The zero-order chi connectivity index (χ0) is 24.1.